The van der Waals surface area contributed by atoms with E-state index in [0.717, 1.165) is 38.5 Å². The van der Waals surface area contributed by atoms with E-state index >= 15 is 0 Å². The molecule has 121 valence electrons. The molecule has 6 nitrogen and oxygen atoms in total. The van der Waals surface area contributed by atoms with Crippen LogP contribution in [0.3, 0.4) is 0 Å². The van der Waals surface area contributed by atoms with Gasteiger partial charge in [0.25, 0.3) is 0 Å². The van der Waals surface area contributed by atoms with Crippen LogP contribution in [0.2, 0.25) is 0 Å². The molecule has 1 unspecified atom stereocenters. The van der Waals surface area contributed by atoms with Gasteiger partial charge in [-0.25, -0.2) is 4.79 Å². The molecule has 0 saturated carbocycles. The second-order valence-corrected chi connectivity index (χ2v) is 5.04. The lowest BCUT2D eigenvalue weighted by Gasteiger charge is -2.14. The van der Waals surface area contributed by atoms with Gasteiger partial charge in [-0.05, 0) is 12.8 Å². The second kappa shape index (κ2) is 13.4. The summed E-state index contributed by atoms with van der Waals surface area (Å²) in [6.07, 6.45) is 8.35. The molecule has 1 radical (unpaired) electrons. The SMILES string of the molecule is [CH2]CCCCCCCCC(=O)NC(CCNC=O)C(=O)O. The third-order valence-electron chi connectivity index (χ3n) is 3.20. The Morgan fingerprint density at radius 1 is 1.10 bits per heavy atom. The monoisotopic (exact) mass is 299 g/mol. The normalized spacial score (nSPS) is 11.7. The number of carbonyl (C=O) groups is 3. The minimum absolute atomic E-state index is 0.185. The fraction of sp³-hybridized carbons (Fsp3) is 0.733. The standard InChI is InChI=1S/C15H27N2O4/c1-2-3-4-5-6-7-8-9-14(19)17-13(15(20)21)10-11-16-12-18/h12-13H,1-11H2,(H,16,18)(H,17,19)(H,20,21). The molecule has 0 saturated heterocycles. The van der Waals surface area contributed by atoms with Gasteiger partial charge in [0.2, 0.25) is 12.3 Å². The summed E-state index contributed by atoms with van der Waals surface area (Å²) in [4.78, 5) is 32.7. The largest absolute Gasteiger partial charge is 0.480 e. The van der Waals surface area contributed by atoms with Gasteiger partial charge in [-0.15, -0.1) is 0 Å². The molecule has 0 spiro atoms. The summed E-state index contributed by atoms with van der Waals surface area (Å²) in [5.41, 5.74) is 0. The van der Waals surface area contributed by atoms with Gasteiger partial charge in [-0.1, -0.05) is 45.4 Å². The van der Waals surface area contributed by atoms with Gasteiger partial charge in [-0.3, -0.25) is 9.59 Å². The van der Waals surface area contributed by atoms with Gasteiger partial charge in [0.05, 0.1) is 0 Å². The van der Waals surface area contributed by atoms with E-state index in [1.165, 1.54) is 6.42 Å². The number of amides is 2. The molecule has 0 aromatic carbocycles. The molecular weight excluding hydrogens is 272 g/mol. The highest BCUT2D eigenvalue weighted by Crippen LogP contribution is 2.08. The van der Waals surface area contributed by atoms with E-state index in [-0.39, 0.29) is 18.9 Å². The smallest absolute Gasteiger partial charge is 0.326 e. The van der Waals surface area contributed by atoms with Gasteiger partial charge in [0, 0.05) is 13.0 Å². The number of rotatable bonds is 14. The average molecular weight is 299 g/mol. The average Bonchev–Trinajstić information content (AvgIpc) is 2.45. The number of carbonyl (C=O) groups excluding carboxylic acids is 2. The van der Waals surface area contributed by atoms with Crippen LogP contribution in [-0.2, 0) is 14.4 Å². The van der Waals surface area contributed by atoms with E-state index in [1.54, 1.807) is 0 Å². The first kappa shape index (κ1) is 19.4. The molecule has 0 aromatic heterocycles. The summed E-state index contributed by atoms with van der Waals surface area (Å²) in [6.45, 7) is 4.02. The maximum absolute atomic E-state index is 11.7. The van der Waals surface area contributed by atoms with Crippen molar-refractivity contribution in [1.82, 2.24) is 10.6 Å². The van der Waals surface area contributed by atoms with E-state index in [9.17, 15) is 14.4 Å². The van der Waals surface area contributed by atoms with Crippen LogP contribution in [0.1, 0.15) is 57.8 Å². The van der Waals surface area contributed by atoms with Crippen molar-refractivity contribution in [2.24, 2.45) is 0 Å². The van der Waals surface area contributed by atoms with Crippen LogP contribution in [0.25, 0.3) is 0 Å². The van der Waals surface area contributed by atoms with E-state index < -0.39 is 12.0 Å². The number of hydrogen-bond donors (Lipinski definition) is 3. The van der Waals surface area contributed by atoms with Gasteiger partial charge in [0.15, 0.2) is 0 Å². The molecule has 0 aromatic rings. The van der Waals surface area contributed by atoms with E-state index in [4.69, 9.17) is 5.11 Å². The van der Waals surface area contributed by atoms with Crippen LogP contribution in [0.4, 0.5) is 0 Å². The predicted octanol–water partition coefficient (Wildman–Crippen LogP) is 1.65. The van der Waals surface area contributed by atoms with Crippen LogP contribution in [-0.4, -0.2) is 36.0 Å². The molecule has 21 heavy (non-hydrogen) atoms. The van der Waals surface area contributed by atoms with E-state index in [1.807, 2.05) is 0 Å². The third-order valence-corrected chi connectivity index (χ3v) is 3.20. The Labute approximate surface area is 126 Å². The molecular formula is C15H27N2O4. The summed E-state index contributed by atoms with van der Waals surface area (Å²) >= 11 is 0. The van der Waals surface area contributed by atoms with Crippen molar-refractivity contribution in [2.45, 2.75) is 63.8 Å². The first-order chi connectivity index (χ1) is 10.1. The molecule has 0 bridgehead atoms. The van der Waals surface area contributed by atoms with Crippen LogP contribution < -0.4 is 10.6 Å². The lowest BCUT2D eigenvalue weighted by atomic mass is 10.1. The maximum atomic E-state index is 11.7. The molecule has 2 amide bonds. The van der Waals surface area contributed by atoms with Gasteiger partial charge < -0.3 is 15.7 Å². The van der Waals surface area contributed by atoms with E-state index in [0.29, 0.717) is 12.8 Å². The van der Waals surface area contributed by atoms with Crippen LogP contribution in [0.15, 0.2) is 0 Å². The maximum Gasteiger partial charge on any atom is 0.326 e. The number of aliphatic carboxylic acids is 1. The number of unbranched alkanes of at least 4 members (excludes halogenated alkanes) is 6. The van der Waals surface area contributed by atoms with Crippen molar-refractivity contribution in [2.75, 3.05) is 6.54 Å². The predicted molar refractivity (Wildman–Crippen MR) is 80.5 cm³/mol. The molecule has 0 heterocycles. The lowest BCUT2D eigenvalue weighted by molar-refractivity contribution is -0.142. The third kappa shape index (κ3) is 11.9. The second-order valence-electron chi connectivity index (χ2n) is 5.04. The molecule has 3 N–H and O–H groups in total. The highest BCUT2D eigenvalue weighted by Gasteiger charge is 2.18. The first-order valence-electron chi connectivity index (χ1n) is 7.60. The van der Waals surface area contributed by atoms with Gasteiger partial charge in [-0.2, -0.15) is 0 Å². The Hall–Kier alpha value is -1.59. The Morgan fingerprint density at radius 3 is 2.29 bits per heavy atom. The van der Waals surface area contributed by atoms with Gasteiger partial charge in [0.1, 0.15) is 6.04 Å². The molecule has 0 aliphatic carbocycles. The molecule has 0 aliphatic heterocycles. The number of nitrogens with one attached hydrogen (secondary N) is 2. The highest BCUT2D eigenvalue weighted by atomic mass is 16.4. The van der Waals surface area contributed by atoms with Crippen LogP contribution in [0, 0.1) is 6.92 Å². The zero-order chi connectivity index (χ0) is 15.9. The highest BCUT2D eigenvalue weighted by molar-refractivity contribution is 5.83. The number of carboxylic acids is 1. The Balaban J connectivity index is 3.72. The summed E-state index contributed by atoms with van der Waals surface area (Å²) in [5, 5.41) is 13.8. The Bertz CT molecular complexity index is 308. The minimum atomic E-state index is -1.08. The fourth-order valence-corrected chi connectivity index (χ4v) is 1.98. The fourth-order valence-electron chi connectivity index (χ4n) is 1.98. The quantitative estimate of drug-likeness (QED) is 0.336. The van der Waals surface area contributed by atoms with Crippen molar-refractivity contribution in [1.29, 1.82) is 0 Å². The Kier molecular flexibility index (Phi) is 12.4. The number of hydrogen-bond acceptors (Lipinski definition) is 3. The first-order valence-corrected chi connectivity index (χ1v) is 7.60. The topological polar surface area (TPSA) is 95.5 Å². The summed E-state index contributed by atoms with van der Waals surface area (Å²) in [7, 11) is 0. The van der Waals surface area contributed by atoms with Crippen molar-refractivity contribution < 1.29 is 19.5 Å². The summed E-state index contributed by atoms with van der Waals surface area (Å²) in [5.74, 6) is -1.32. The van der Waals surface area contributed by atoms with Crippen molar-refractivity contribution in [3.63, 3.8) is 0 Å². The molecule has 6 heteroatoms. The van der Waals surface area contributed by atoms with Crippen LogP contribution >= 0.6 is 0 Å². The Morgan fingerprint density at radius 2 is 1.71 bits per heavy atom. The minimum Gasteiger partial charge on any atom is -0.480 e. The summed E-state index contributed by atoms with van der Waals surface area (Å²) in [6, 6.07) is -0.943. The van der Waals surface area contributed by atoms with Crippen molar-refractivity contribution in [3.8, 4) is 0 Å². The molecule has 0 rings (SSSR count). The van der Waals surface area contributed by atoms with E-state index in [2.05, 4.69) is 17.6 Å². The van der Waals surface area contributed by atoms with Crippen LogP contribution in [0.5, 0.6) is 0 Å². The van der Waals surface area contributed by atoms with Crippen molar-refractivity contribution in [3.05, 3.63) is 6.92 Å². The van der Waals surface area contributed by atoms with Crippen molar-refractivity contribution >= 4 is 18.3 Å². The molecule has 1 atom stereocenters. The molecule has 0 aliphatic rings. The number of carboxylic acid groups (broad SMARTS) is 1. The van der Waals surface area contributed by atoms with Gasteiger partial charge >= 0.3 is 5.97 Å². The summed E-state index contributed by atoms with van der Waals surface area (Å²) < 4.78 is 0. The molecule has 0 fully saturated rings. The zero-order valence-corrected chi connectivity index (χ0v) is 12.6. The zero-order valence-electron chi connectivity index (χ0n) is 12.6. The lowest BCUT2D eigenvalue weighted by Crippen LogP contribution is -2.42.